The van der Waals surface area contributed by atoms with Crippen LogP contribution in [0.25, 0.3) is 0 Å². The summed E-state index contributed by atoms with van der Waals surface area (Å²) >= 11 is 0. The molecule has 8 nitrogen and oxygen atoms in total. The fraction of sp³-hybridized carbons (Fsp3) is 0.417. The van der Waals surface area contributed by atoms with Gasteiger partial charge in [-0.05, 0) is 44.0 Å². The number of urea groups is 1. The molecule has 33 heavy (non-hydrogen) atoms. The molecule has 2 unspecified atom stereocenters. The second kappa shape index (κ2) is 8.79. The number of quaternary nitrogens is 1. The number of nitrogens with zero attached hydrogens (tertiary/aromatic N) is 1. The highest BCUT2D eigenvalue weighted by Gasteiger charge is 2.58. The molecule has 1 N–H and O–H groups in total. The molecule has 176 valence electrons. The smallest absolute Gasteiger partial charge is 0.425 e. The van der Waals surface area contributed by atoms with Gasteiger partial charge in [0.05, 0.1) is 19.3 Å². The van der Waals surface area contributed by atoms with Crippen molar-refractivity contribution in [2.45, 2.75) is 38.4 Å². The van der Waals surface area contributed by atoms with Crippen LogP contribution in [-0.2, 0) is 16.4 Å². The zero-order valence-electron chi connectivity index (χ0n) is 19.0. The van der Waals surface area contributed by atoms with E-state index in [1.54, 1.807) is 30.3 Å². The zero-order chi connectivity index (χ0) is 23.8. The lowest BCUT2D eigenvalue weighted by molar-refractivity contribution is -0.808. The molecule has 1 aliphatic carbocycles. The van der Waals surface area contributed by atoms with E-state index in [9.17, 15) is 18.0 Å². The zero-order valence-corrected chi connectivity index (χ0v) is 19.9. The first kappa shape index (κ1) is 23.3. The third-order valence-electron chi connectivity index (χ3n) is 6.16. The summed E-state index contributed by atoms with van der Waals surface area (Å²) in [6.45, 7) is 2.30. The first-order chi connectivity index (χ1) is 15.7. The van der Waals surface area contributed by atoms with Gasteiger partial charge in [-0.2, -0.15) is 4.48 Å². The fourth-order valence-corrected chi connectivity index (χ4v) is 5.45. The largest absolute Gasteiger partial charge is 0.493 e. The topological polar surface area (TPSA) is 98.8 Å². The summed E-state index contributed by atoms with van der Waals surface area (Å²) in [6, 6.07) is 10.7. The number of benzene rings is 2. The summed E-state index contributed by atoms with van der Waals surface area (Å²) in [5.41, 5.74) is 1.70. The van der Waals surface area contributed by atoms with Gasteiger partial charge in [0.25, 0.3) is 0 Å². The molecule has 2 atom stereocenters. The van der Waals surface area contributed by atoms with Gasteiger partial charge in [0.2, 0.25) is 0 Å². The molecule has 2 aromatic rings. The van der Waals surface area contributed by atoms with Crippen molar-refractivity contribution < 1.29 is 32.0 Å². The van der Waals surface area contributed by atoms with Crippen molar-refractivity contribution in [1.29, 1.82) is 0 Å². The molecule has 3 amide bonds. The third-order valence-corrected chi connectivity index (χ3v) is 7.08. The number of sulfone groups is 1. The minimum Gasteiger partial charge on any atom is -0.493 e. The van der Waals surface area contributed by atoms with Gasteiger partial charge in [-0.3, -0.25) is 0 Å². The van der Waals surface area contributed by atoms with Crippen molar-refractivity contribution in [1.82, 2.24) is 5.32 Å². The Labute approximate surface area is 194 Å². The van der Waals surface area contributed by atoms with Crippen LogP contribution < -0.4 is 14.8 Å². The number of hydrogen-bond acceptors (Lipinski definition) is 6. The van der Waals surface area contributed by atoms with Crippen molar-refractivity contribution in [3.05, 3.63) is 59.2 Å². The van der Waals surface area contributed by atoms with Crippen LogP contribution in [0.15, 0.2) is 42.5 Å². The highest BCUT2D eigenvalue weighted by molar-refractivity contribution is 7.90. The monoisotopic (exact) mass is 473 g/mol. The average Bonchev–Trinajstić information content (AvgIpc) is 3.54. The first-order valence-corrected chi connectivity index (χ1v) is 13.1. The normalized spacial score (nSPS) is 20.8. The Balaban J connectivity index is 1.90. The summed E-state index contributed by atoms with van der Waals surface area (Å²) in [5.74, 6) is 0.152. The Morgan fingerprint density at radius 1 is 1.18 bits per heavy atom. The summed E-state index contributed by atoms with van der Waals surface area (Å²) in [6.07, 6.45) is 2.82. The summed E-state index contributed by atoms with van der Waals surface area (Å²) in [5, 5.41) is 2.96. The summed E-state index contributed by atoms with van der Waals surface area (Å²) < 4.78 is 35.6. The predicted octanol–water partition coefficient (Wildman–Crippen LogP) is 3.22. The number of methoxy groups -OCH3 is 1. The molecule has 1 aliphatic heterocycles. The maximum absolute atomic E-state index is 13.9. The highest BCUT2D eigenvalue weighted by atomic mass is 32.2. The van der Waals surface area contributed by atoms with E-state index in [0.29, 0.717) is 29.2 Å². The van der Waals surface area contributed by atoms with E-state index < -0.39 is 32.3 Å². The molecule has 1 fully saturated rings. The van der Waals surface area contributed by atoms with E-state index in [-0.39, 0.29) is 18.3 Å². The Hall–Kier alpha value is -2.91. The van der Waals surface area contributed by atoms with E-state index in [1.807, 2.05) is 19.1 Å². The van der Waals surface area contributed by atoms with Crippen molar-refractivity contribution in [2.75, 3.05) is 25.7 Å². The Morgan fingerprint density at radius 2 is 1.91 bits per heavy atom. The SMILES string of the molecule is CCOc1cc(C(CS(C)(=O)=O)[N+]2(C(=O)NC3CC3)Cc3ccccc3C2=O)ccc1OC. The van der Waals surface area contributed by atoms with Gasteiger partial charge in [-0.15, -0.1) is 0 Å². The standard InChI is InChI=1S/C24H28N2O6S/c1-4-32-22-13-16(9-12-21(22)31-2)20(15-33(3,29)30)26(24(28)25-18-10-11-18)14-17-7-5-6-8-19(17)23(26)27/h5-9,12-13,18,20H,4,10-11,14-15H2,1-3H3/p+1. The molecule has 0 radical (unpaired) electrons. The Kier molecular flexibility index (Phi) is 6.20. The average molecular weight is 474 g/mol. The lowest BCUT2D eigenvalue weighted by Gasteiger charge is -2.36. The van der Waals surface area contributed by atoms with Gasteiger partial charge in [-0.1, -0.05) is 18.2 Å². The number of amides is 3. The van der Waals surface area contributed by atoms with Crippen LogP contribution in [0.1, 0.15) is 47.3 Å². The van der Waals surface area contributed by atoms with E-state index >= 15 is 0 Å². The number of carbonyl (C=O) groups excluding carboxylic acids is 2. The fourth-order valence-electron chi connectivity index (χ4n) is 4.43. The van der Waals surface area contributed by atoms with Gasteiger partial charge in [0.15, 0.2) is 21.3 Å². The van der Waals surface area contributed by atoms with E-state index in [1.165, 1.54) is 7.11 Å². The molecule has 1 saturated carbocycles. The molecular weight excluding hydrogens is 444 g/mol. The van der Waals surface area contributed by atoms with Crippen molar-refractivity contribution in [2.24, 2.45) is 0 Å². The molecule has 0 bridgehead atoms. The van der Waals surface area contributed by atoms with Crippen molar-refractivity contribution >= 4 is 21.8 Å². The van der Waals surface area contributed by atoms with Crippen molar-refractivity contribution in [3.63, 3.8) is 0 Å². The molecule has 0 aromatic heterocycles. The highest BCUT2D eigenvalue weighted by Crippen LogP contribution is 2.43. The molecule has 0 spiro atoms. The number of ether oxygens (including phenoxy) is 2. The van der Waals surface area contributed by atoms with Crippen LogP contribution in [0.5, 0.6) is 11.5 Å². The number of fused-ring (bicyclic) bond motifs is 1. The minimum atomic E-state index is -3.56. The van der Waals surface area contributed by atoms with Gasteiger partial charge in [-0.25, -0.2) is 18.0 Å². The second-order valence-electron chi connectivity index (χ2n) is 8.66. The van der Waals surface area contributed by atoms with Crippen LogP contribution in [0.4, 0.5) is 4.79 Å². The minimum absolute atomic E-state index is 0.0118. The predicted molar refractivity (Wildman–Crippen MR) is 123 cm³/mol. The molecule has 4 rings (SSSR count). The van der Waals surface area contributed by atoms with Gasteiger partial charge < -0.3 is 14.8 Å². The van der Waals surface area contributed by atoms with E-state index in [4.69, 9.17) is 9.47 Å². The van der Waals surface area contributed by atoms with E-state index in [0.717, 1.165) is 24.7 Å². The summed E-state index contributed by atoms with van der Waals surface area (Å²) in [4.78, 5) is 27.6. The first-order valence-electron chi connectivity index (χ1n) is 11.0. The Morgan fingerprint density at radius 3 is 2.52 bits per heavy atom. The molecule has 2 aromatic carbocycles. The van der Waals surface area contributed by atoms with Crippen LogP contribution in [0.3, 0.4) is 0 Å². The molecule has 2 aliphatic rings. The van der Waals surface area contributed by atoms with Crippen LogP contribution >= 0.6 is 0 Å². The van der Waals surface area contributed by atoms with Crippen LogP contribution in [0, 0.1) is 0 Å². The van der Waals surface area contributed by atoms with Crippen LogP contribution in [-0.4, -0.2) is 56.6 Å². The van der Waals surface area contributed by atoms with Crippen LogP contribution in [0.2, 0.25) is 0 Å². The number of hydrogen-bond donors (Lipinski definition) is 1. The van der Waals surface area contributed by atoms with Crippen molar-refractivity contribution in [3.8, 4) is 11.5 Å². The maximum atomic E-state index is 13.9. The molecule has 9 heteroatoms. The molecule has 0 saturated heterocycles. The Bertz CT molecular complexity index is 1190. The molecular formula is C24H29N2O6S+. The number of nitrogens with one attached hydrogen (secondary N) is 1. The van der Waals surface area contributed by atoms with Gasteiger partial charge >= 0.3 is 11.9 Å². The summed E-state index contributed by atoms with van der Waals surface area (Å²) in [7, 11) is -2.05. The lowest BCUT2D eigenvalue weighted by Crippen LogP contribution is -2.61. The van der Waals surface area contributed by atoms with Gasteiger partial charge in [0, 0.05) is 23.4 Å². The number of imide groups is 1. The third kappa shape index (κ3) is 4.47. The number of carbonyl (C=O) groups is 2. The quantitative estimate of drug-likeness (QED) is 0.591. The number of rotatable bonds is 8. The van der Waals surface area contributed by atoms with Gasteiger partial charge in [0.1, 0.15) is 18.3 Å². The maximum Gasteiger partial charge on any atom is 0.425 e. The van der Waals surface area contributed by atoms with E-state index in [2.05, 4.69) is 5.32 Å². The molecule has 1 heterocycles. The second-order valence-corrected chi connectivity index (χ2v) is 10.8. The lowest BCUT2D eigenvalue weighted by atomic mass is 10.0.